The van der Waals surface area contributed by atoms with Gasteiger partial charge in [0, 0.05) is 0 Å². The van der Waals surface area contributed by atoms with Gasteiger partial charge in [-0.1, -0.05) is 40.0 Å². The van der Waals surface area contributed by atoms with Gasteiger partial charge < -0.3 is 0 Å². The van der Waals surface area contributed by atoms with Gasteiger partial charge in [0.2, 0.25) is 0 Å². The van der Waals surface area contributed by atoms with E-state index in [1.54, 1.807) is 0 Å². The molecule has 1 radical (unpaired) electrons. The molecule has 0 spiro atoms. The van der Waals surface area contributed by atoms with Crippen LogP contribution in [-0.2, 0) is 0 Å². The van der Waals surface area contributed by atoms with Crippen molar-refractivity contribution in [1.82, 2.24) is 0 Å². The lowest BCUT2D eigenvalue weighted by molar-refractivity contribution is 0.184. The summed E-state index contributed by atoms with van der Waals surface area (Å²) in [4.78, 5) is 0. The molecule has 0 aromatic heterocycles. The second kappa shape index (κ2) is 4.30. The van der Waals surface area contributed by atoms with Gasteiger partial charge in [-0.05, 0) is 37.0 Å². The Balaban J connectivity index is 2.52. The van der Waals surface area contributed by atoms with Crippen LogP contribution in [-0.4, -0.2) is 0 Å². The zero-order chi connectivity index (χ0) is 9.03. The van der Waals surface area contributed by atoms with E-state index in [1.165, 1.54) is 44.9 Å². The van der Waals surface area contributed by atoms with E-state index in [9.17, 15) is 0 Å². The highest BCUT2D eigenvalue weighted by molar-refractivity contribution is 4.99. The molecule has 1 aliphatic carbocycles. The molecule has 0 heterocycles. The summed E-state index contributed by atoms with van der Waals surface area (Å²) < 4.78 is 0. The Morgan fingerprint density at radius 3 is 2.33 bits per heavy atom. The quantitative estimate of drug-likeness (QED) is 0.586. The van der Waals surface area contributed by atoms with Crippen LogP contribution in [0.1, 0.15) is 65.7 Å². The molecule has 1 fully saturated rings. The Bertz CT molecular complexity index is 122. The third kappa shape index (κ3) is 2.02. The number of hydrogen-bond acceptors (Lipinski definition) is 0. The van der Waals surface area contributed by atoms with Crippen LogP contribution in [0.25, 0.3) is 0 Å². The maximum absolute atomic E-state index is 2.36. The van der Waals surface area contributed by atoms with Gasteiger partial charge in [0.25, 0.3) is 0 Å². The maximum Gasteiger partial charge on any atom is -0.0238 e. The van der Waals surface area contributed by atoms with Crippen molar-refractivity contribution in [3.8, 4) is 0 Å². The second-order valence-corrected chi connectivity index (χ2v) is 4.34. The van der Waals surface area contributed by atoms with Crippen LogP contribution in [0.5, 0.6) is 0 Å². The summed E-state index contributed by atoms with van der Waals surface area (Å²) in [5.74, 6) is 1.82. The van der Waals surface area contributed by atoms with Crippen molar-refractivity contribution in [3.63, 3.8) is 0 Å². The first-order chi connectivity index (χ1) is 5.76. The van der Waals surface area contributed by atoms with Crippen LogP contribution >= 0.6 is 0 Å². The Hall–Kier alpha value is 0. The first-order valence-corrected chi connectivity index (χ1v) is 5.60. The van der Waals surface area contributed by atoms with Crippen molar-refractivity contribution >= 4 is 0 Å². The summed E-state index contributed by atoms with van der Waals surface area (Å²) in [5.41, 5.74) is 0.698. The molecule has 1 saturated carbocycles. The third-order valence-electron chi connectivity index (χ3n) is 3.86. The van der Waals surface area contributed by atoms with Gasteiger partial charge in [-0.25, -0.2) is 0 Å². The van der Waals surface area contributed by atoms with E-state index in [1.807, 2.05) is 5.92 Å². The molecule has 0 saturated heterocycles. The molecule has 0 aromatic carbocycles. The topological polar surface area (TPSA) is 0 Å². The SMILES string of the molecule is CC[C]1CCCC(CC)(CC)C1. The highest BCUT2D eigenvalue weighted by Gasteiger charge is 2.32. The standard InChI is InChI=1S/C12H23/c1-4-11-8-7-9-12(5-2,6-3)10-11/h4-10H2,1-3H3. The van der Waals surface area contributed by atoms with Gasteiger partial charge >= 0.3 is 0 Å². The van der Waals surface area contributed by atoms with Crippen molar-refractivity contribution in [2.45, 2.75) is 65.7 Å². The molecule has 71 valence electrons. The van der Waals surface area contributed by atoms with E-state index >= 15 is 0 Å². The molecule has 0 amide bonds. The lowest BCUT2D eigenvalue weighted by Gasteiger charge is -2.39. The predicted molar refractivity (Wildman–Crippen MR) is 55.0 cm³/mol. The molecule has 0 nitrogen and oxygen atoms in total. The van der Waals surface area contributed by atoms with Crippen LogP contribution < -0.4 is 0 Å². The molecule has 0 aliphatic heterocycles. The summed E-state index contributed by atoms with van der Waals surface area (Å²) >= 11 is 0. The highest BCUT2D eigenvalue weighted by Crippen LogP contribution is 2.46. The minimum absolute atomic E-state index is 0.698. The van der Waals surface area contributed by atoms with E-state index in [4.69, 9.17) is 0 Å². The lowest BCUT2D eigenvalue weighted by Crippen LogP contribution is -2.26. The molecule has 0 bridgehead atoms. The molecule has 0 heteroatoms. The van der Waals surface area contributed by atoms with E-state index in [2.05, 4.69) is 20.8 Å². The summed E-state index contributed by atoms with van der Waals surface area (Å²) in [6.45, 7) is 7.04. The van der Waals surface area contributed by atoms with Gasteiger partial charge in [-0.3, -0.25) is 0 Å². The Morgan fingerprint density at radius 2 is 1.83 bits per heavy atom. The van der Waals surface area contributed by atoms with E-state index < -0.39 is 0 Å². The van der Waals surface area contributed by atoms with Crippen molar-refractivity contribution in [3.05, 3.63) is 5.92 Å². The molecular weight excluding hydrogens is 144 g/mol. The van der Waals surface area contributed by atoms with Crippen LogP contribution in [0, 0.1) is 11.3 Å². The summed E-state index contributed by atoms with van der Waals surface area (Å²) in [6, 6.07) is 0. The highest BCUT2D eigenvalue weighted by atomic mass is 14.4. The van der Waals surface area contributed by atoms with Crippen molar-refractivity contribution in [2.24, 2.45) is 5.41 Å². The van der Waals surface area contributed by atoms with Crippen molar-refractivity contribution in [2.75, 3.05) is 0 Å². The third-order valence-corrected chi connectivity index (χ3v) is 3.86. The zero-order valence-electron chi connectivity index (χ0n) is 8.95. The van der Waals surface area contributed by atoms with Crippen LogP contribution in [0.15, 0.2) is 0 Å². The van der Waals surface area contributed by atoms with E-state index in [0.717, 1.165) is 0 Å². The minimum Gasteiger partial charge on any atom is -0.0649 e. The largest absolute Gasteiger partial charge is 0.0649 e. The fraction of sp³-hybridized carbons (Fsp3) is 0.917. The van der Waals surface area contributed by atoms with Gasteiger partial charge in [0.15, 0.2) is 0 Å². The van der Waals surface area contributed by atoms with Gasteiger partial charge in [0.05, 0.1) is 0 Å². The Kier molecular flexibility index (Phi) is 3.61. The minimum atomic E-state index is 0.698. The fourth-order valence-corrected chi connectivity index (χ4v) is 2.58. The maximum atomic E-state index is 2.36. The summed E-state index contributed by atoms with van der Waals surface area (Å²) in [5, 5.41) is 0. The molecule has 1 rings (SSSR count). The van der Waals surface area contributed by atoms with Crippen LogP contribution in [0.4, 0.5) is 0 Å². The molecular formula is C12H23. The summed E-state index contributed by atoms with van der Waals surface area (Å²) in [7, 11) is 0. The Labute approximate surface area is 77.7 Å². The van der Waals surface area contributed by atoms with Crippen molar-refractivity contribution in [1.29, 1.82) is 0 Å². The first-order valence-electron chi connectivity index (χ1n) is 5.60. The smallest absolute Gasteiger partial charge is 0.0238 e. The van der Waals surface area contributed by atoms with E-state index in [-0.39, 0.29) is 0 Å². The molecule has 1 aliphatic rings. The van der Waals surface area contributed by atoms with E-state index in [0.29, 0.717) is 5.41 Å². The average molecular weight is 167 g/mol. The normalized spacial score (nSPS) is 24.2. The summed E-state index contributed by atoms with van der Waals surface area (Å²) in [6.07, 6.45) is 9.85. The predicted octanol–water partition coefficient (Wildman–Crippen LogP) is 4.35. The van der Waals surface area contributed by atoms with Crippen LogP contribution in [0.2, 0.25) is 0 Å². The average Bonchev–Trinajstić information content (AvgIpc) is 2.18. The first kappa shape index (κ1) is 10.1. The molecule has 0 unspecified atom stereocenters. The number of rotatable bonds is 3. The van der Waals surface area contributed by atoms with Gasteiger partial charge in [-0.15, -0.1) is 0 Å². The lowest BCUT2D eigenvalue weighted by atomic mass is 9.66. The zero-order valence-corrected chi connectivity index (χ0v) is 8.95. The fourth-order valence-electron chi connectivity index (χ4n) is 2.58. The van der Waals surface area contributed by atoms with Gasteiger partial charge in [-0.2, -0.15) is 0 Å². The molecule has 0 N–H and O–H groups in total. The van der Waals surface area contributed by atoms with Crippen molar-refractivity contribution < 1.29 is 0 Å². The van der Waals surface area contributed by atoms with Crippen LogP contribution in [0.3, 0.4) is 0 Å². The molecule has 0 atom stereocenters. The van der Waals surface area contributed by atoms with Gasteiger partial charge in [0.1, 0.15) is 0 Å². The number of hydrogen-bond donors (Lipinski definition) is 0. The molecule has 12 heavy (non-hydrogen) atoms. The molecule has 0 aromatic rings. The second-order valence-electron chi connectivity index (χ2n) is 4.34. The Morgan fingerprint density at radius 1 is 1.17 bits per heavy atom. The monoisotopic (exact) mass is 167 g/mol.